The Balaban J connectivity index is 1.80. The third-order valence-corrected chi connectivity index (χ3v) is 3.37. The first-order chi connectivity index (χ1) is 9.15. The molecule has 2 N–H and O–H groups in total. The van der Waals surface area contributed by atoms with Gasteiger partial charge >= 0.3 is 5.97 Å². The van der Waals surface area contributed by atoms with Crippen LogP contribution >= 0.6 is 0 Å². The summed E-state index contributed by atoms with van der Waals surface area (Å²) in [7, 11) is 0. The molecule has 5 heteroatoms. The number of pyridine rings is 1. The minimum absolute atomic E-state index is 0.0807. The fraction of sp³-hybridized carbons (Fsp3) is 0.571. The summed E-state index contributed by atoms with van der Waals surface area (Å²) in [5.74, 6) is 0.162. The van der Waals surface area contributed by atoms with Crippen molar-refractivity contribution < 1.29 is 9.90 Å². The van der Waals surface area contributed by atoms with E-state index in [4.69, 9.17) is 5.11 Å². The standard InChI is InChI=1S/C14H21N3O2/c1-11(10-17-7-2-3-8-17)9-15-13-6-4-5-12(16-13)14(18)19/h4-6,11H,2-3,7-10H2,1H3,(H,15,16)(H,18,19). The zero-order valence-electron chi connectivity index (χ0n) is 11.3. The first-order valence-electron chi connectivity index (χ1n) is 6.82. The van der Waals surface area contributed by atoms with Crippen molar-refractivity contribution in [3.63, 3.8) is 0 Å². The largest absolute Gasteiger partial charge is 0.477 e. The maximum absolute atomic E-state index is 10.8. The Bertz CT molecular complexity index is 430. The first-order valence-corrected chi connectivity index (χ1v) is 6.82. The third-order valence-electron chi connectivity index (χ3n) is 3.37. The Kier molecular flexibility index (Phi) is 4.74. The van der Waals surface area contributed by atoms with Crippen LogP contribution in [0.15, 0.2) is 18.2 Å². The van der Waals surface area contributed by atoms with Crippen molar-refractivity contribution in [2.45, 2.75) is 19.8 Å². The van der Waals surface area contributed by atoms with Gasteiger partial charge in [-0.15, -0.1) is 0 Å². The molecular formula is C14H21N3O2. The van der Waals surface area contributed by atoms with Gasteiger partial charge in [0, 0.05) is 13.1 Å². The fourth-order valence-electron chi connectivity index (χ4n) is 2.40. The van der Waals surface area contributed by atoms with Crippen LogP contribution in [0.1, 0.15) is 30.3 Å². The Hall–Kier alpha value is -1.62. The van der Waals surface area contributed by atoms with E-state index in [9.17, 15) is 4.79 Å². The SMILES string of the molecule is CC(CNc1cccc(C(=O)O)n1)CN1CCCC1. The molecular weight excluding hydrogens is 242 g/mol. The Morgan fingerprint density at radius 2 is 2.21 bits per heavy atom. The zero-order chi connectivity index (χ0) is 13.7. The van der Waals surface area contributed by atoms with E-state index in [0.29, 0.717) is 11.7 Å². The lowest BCUT2D eigenvalue weighted by molar-refractivity contribution is 0.0690. The second kappa shape index (κ2) is 6.52. The van der Waals surface area contributed by atoms with E-state index in [0.717, 1.165) is 13.1 Å². The lowest BCUT2D eigenvalue weighted by Crippen LogP contribution is -2.29. The molecule has 0 aromatic carbocycles. The molecule has 2 heterocycles. The molecule has 1 aromatic heterocycles. The highest BCUT2D eigenvalue weighted by Crippen LogP contribution is 2.11. The van der Waals surface area contributed by atoms with Crippen LogP contribution in [0.25, 0.3) is 0 Å². The summed E-state index contributed by atoms with van der Waals surface area (Å²) in [6, 6.07) is 5.01. The molecule has 0 bridgehead atoms. The van der Waals surface area contributed by atoms with E-state index < -0.39 is 5.97 Å². The number of likely N-dealkylation sites (tertiary alicyclic amines) is 1. The van der Waals surface area contributed by atoms with Gasteiger partial charge in [-0.1, -0.05) is 13.0 Å². The molecule has 1 aliphatic heterocycles. The van der Waals surface area contributed by atoms with Gasteiger partial charge in [0.2, 0.25) is 0 Å². The van der Waals surface area contributed by atoms with E-state index in [1.807, 2.05) is 0 Å². The van der Waals surface area contributed by atoms with Gasteiger partial charge in [-0.25, -0.2) is 9.78 Å². The fourth-order valence-corrected chi connectivity index (χ4v) is 2.40. The summed E-state index contributed by atoms with van der Waals surface area (Å²) >= 11 is 0. The summed E-state index contributed by atoms with van der Waals surface area (Å²) in [6.07, 6.45) is 2.62. The maximum atomic E-state index is 10.8. The second-order valence-corrected chi connectivity index (χ2v) is 5.21. The van der Waals surface area contributed by atoms with Crippen LogP contribution in [0.4, 0.5) is 5.82 Å². The van der Waals surface area contributed by atoms with Crippen molar-refractivity contribution in [3.8, 4) is 0 Å². The van der Waals surface area contributed by atoms with Crippen LogP contribution in [0.3, 0.4) is 0 Å². The summed E-state index contributed by atoms with van der Waals surface area (Å²) in [6.45, 7) is 6.51. The van der Waals surface area contributed by atoms with Crippen LogP contribution in [0.5, 0.6) is 0 Å². The summed E-state index contributed by atoms with van der Waals surface area (Å²) in [4.78, 5) is 17.4. The molecule has 0 amide bonds. The number of hydrogen-bond acceptors (Lipinski definition) is 4. The van der Waals surface area contributed by atoms with Gasteiger partial charge in [0.15, 0.2) is 5.69 Å². The number of rotatable bonds is 6. The predicted molar refractivity (Wildman–Crippen MR) is 74.5 cm³/mol. The normalized spacial score (nSPS) is 17.3. The Morgan fingerprint density at radius 3 is 2.89 bits per heavy atom. The van der Waals surface area contributed by atoms with Crippen molar-refractivity contribution >= 4 is 11.8 Å². The minimum Gasteiger partial charge on any atom is -0.477 e. The van der Waals surface area contributed by atoms with Gasteiger partial charge in [0.25, 0.3) is 0 Å². The van der Waals surface area contributed by atoms with Gasteiger partial charge in [0.05, 0.1) is 0 Å². The van der Waals surface area contributed by atoms with Gasteiger partial charge in [0.1, 0.15) is 5.82 Å². The van der Waals surface area contributed by atoms with E-state index in [2.05, 4.69) is 22.1 Å². The zero-order valence-corrected chi connectivity index (χ0v) is 11.3. The number of carboxylic acids is 1. The number of nitrogens with one attached hydrogen (secondary N) is 1. The van der Waals surface area contributed by atoms with E-state index in [1.165, 1.54) is 32.0 Å². The molecule has 0 aliphatic carbocycles. The van der Waals surface area contributed by atoms with Crippen molar-refractivity contribution in [1.82, 2.24) is 9.88 Å². The van der Waals surface area contributed by atoms with Gasteiger partial charge in [-0.3, -0.25) is 0 Å². The highest BCUT2D eigenvalue weighted by atomic mass is 16.4. The van der Waals surface area contributed by atoms with Crippen LogP contribution in [0.2, 0.25) is 0 Å². The number of carbonyl (C=O) groups is 1. The molecule has 2 rings (SSSR count). The molecule has 0 radical (unpaired) electrons. The van der Waals surface area contributed by atoms with Gasteiger partial charge < -0.3 is 15.3 Å². The second-order valence-electron chi connectivity index (χ2n) is 5.21. The van der Waals surface area contributed by atoms with E-state index in [-0.39, 0.29) is 5.69 Å². The molecule has 0 saturated carbocycles. The highest BCUT2D eigenvalue weighted by Gasteiger charge is 2.14. The maximum Gasteiger partial charge on any atom is 0.354 e. The van der Waals surface area contributed by atoms with Crippen molar-refractivity contribution in [1.29, 1.82) is 0 Å². The highest BCUT2D eigenvalue weighted by molar-refractivity contribution is 5.85. The van der Waals surface area contributed by atoms with Crippen LogP contribution in [0, 0.1) is 5.92 Å². The van der Waals surface area contributed by atoms with E-state index in [1.54, 1.807) is 12.1 Å². The Labute approximate surface area is 113 Å². The van der Waals surface area contributed by atoms with Crippen molar-refractivity contribution in [2.24, 2.45) is 5.92 Å². The molecule has 1 unspecified atom stereocenters. The van der Waals surface area contributed by atoms with Crippen molar-refractivity contribution in [2.75, 3.05) is 31.5 Å². The van der Waals surface area contributed by atoms with Crippen molar-refractivity contribution in [3.05, 3.63) is 23.9 Å². The molecule has 1 aliphatic rings. The summed E-state index contributed by atoms with van der Waals surface area (Å²) in [5, 5.41) is 12.1. The lowest BCUT2D eigenvalue weighted by atomic mass is 10.1. The first kappa shape index (κ1) is 13.8. The Morgan fingerprint density at radius 1 is 1.47 bits per heavy atom. The van der Waals surface area contributed by atoms with Crippen LogP contribution in [-0.2, 0) is 0 Å². The number of aromatic carboxylic acids is 1. The molecule has 19 heavy (non-hydrogen) atoms. The quantitative estimate of drug-likeness (QED) is 0.821. The third kappa shape index (κ3) is 4.21. The number of hydrogen-bond donors (Lipinski definition) is 2. The number of aromatic nitrogens is 1. The molecule has 0 spiro atoms. The number of nitrogens with zero attached hydrogens (tertiary/aromatic N) is 2. The molecule has 1 saturated heterocycles. The monoisotopic (exact) mass is 263 g/mol. The lowest BCUT2D eigenvalue weighted by Gasteiger charge is -2.20. The van der Waals surface area contributed by atoms with Gasteiger partial charge in [-0.05, 0) is 44.0 Å². The minimum atomic E-state index is -0.992. The predicted octanol–water partition coefficient (Wildman–Crippen LogP) is 1.92. The average molecular weight is 263 g/mol. The van der Waals surface area contributed by atoms with Crippen LogP contribution < -0.4 is 5.32 Å². The molecule has 1 aromatic rings. The number of anilines is 1. The topological polar surface area (TPSA) is 65.5 Å². The molecule has 1 atom stereocenters. The molecule has 5 nitrogen and oxygen atoms in total. The smallest absolute Gasteiger partial charge is 0.354 e. The molecule has 104 valence electrons. The van der Waals surface area contributed by atoms with Crippen LogP contribution in [-0.4, -0.2) is 47.1 Å². The van der Waals surface area contributed by atoms with E-state index >= 15 is 0 Å². The number of carboxylic acid groups (broad SMARTS) is 1. The molecule has 1 fully saturated rings. The van der Waals surface area contributed by atoms with Gasteiger partial charge in [-0.2, -0.15) is 0 Å². The summed E-state index contributed by atoms with van der Waals surface area (Å²) in [5.41, 5.74) is 0.0807. The average Bonchev–Trinajstić information content (AvgIpc) is 2.89. The summed E-state index contributed by atoms with van der Waals surface area (Å²) < 4.78 is 0.